The predicted molar refractivity (Wildman–Crippen MR) is 138 cm³/mol. The summed E-state index contributed by atoms with van der Waals surface area (Å²) in [7, 11) is 0. The highest BCUT2D eigenvalue weighted by Crippen LogP contribution is 2.45. The number of amidine groups is 1. The van der Waals surface area contributed by atoms with Gasteiger partial charge in [-0.25, -0.2) is 9.79 Å². The molecule has 0 saturated carbocycles. The minimum atomic E-state index is -0.664. The van der Waals surface area contributed by atoms with Crippen LogP contribution in [0.1, 0.15) is 51.4 Å². The number of allylic oxidation sites excluding steroid dienone is 1. The van der Waals surface area contributed by atoms with E-state index in [1.54, 1.807) is 18.3 Å². The van der Waals surface area contributed by atoms with Crippen LogP contribution in [0.4, 0.5) is 0 Å². The lowest BCUT2D eigenvalue weighted by Crippen LogP contribution is -2.39. The number of aromatic nitrogens is 1. The minimum Gasteiger partial charge on any atom is -0.456 e. The molecule has 1 aromatic carbocycles. The number of carbonyl (C=O) groups is 2. The van der Waals surface area contributed by atoms with E-state index in [9.17, 15) is 9.59 Å². The molecule has 9 heteroatoms. The predicted octanol–water partition coefficient (Wildman–Crippen LogP) is 5.36. The normalized spacial score (nSPS) is 17.5. The number of nitrogens with zero attached hydrogens (tertiary/aromatic N) is 3. The second-order valence-corrected chi connectivity index (χ2v) is 10.5. The van der Waals surface area contributed by atoms with Crippen LogP contribution in [0, 0.1) is 0 Å². The molecule has 2 aliphatic heterocycles. The van der Waals surface area contributed by atoms with E-state index in [0.29, 0.717) is 28.0 Å². The summed E-state index contributed by atoms with van der Waals surface area (Å²) in [5.74, 6) is -0.586. The Bertz CT molecular complexity index is 1220. The number of rotatable bonds is 6. The van der Waals surface area contributed by atoms with E-state index in [2.05, 4.69) is 15.3 Å². The van der Waals surface area contributed by atoms with E-state index in [1.807, 2.05) is 68.3 Å². The Kier molecular flexibility index (Phi) is 7.33. The van der Waals surface area contributed by atoms with Crippen LogP contribution < -0.4 is 5.32 Å². The van der Waals surface area contributed by atoms with Crippen molar-refractivity contribution in [2.45, 2.75) is 52.3 Å². The highest BCUT2D eigenvalue weighted by atomic mass is 35.5. The van der Waals surface area contributed by atoms with E-state index in [1.165, 1.54) is 11.8 Å². The fraction of sp³-hybridized carbons (Fsp3) is 0.308. The average molecular weight is 511 g/mol. The third-order valence-electron chi connectivity index (χ3n) is 5.34. The molecular formula is C26H27ClN4O3S. The average Bonchev–Trinajstić information content (AvgIpc) is 3.18. The number of benzene rings is 1. The van der Waals surface area contributed by atoms with Gasteiger partial charge in [-0.1, -0.05) is 41.6 Å². The number of hydrogen-bond acceptors (Lipinski definition) is 7. The standard InChI is InChI=1S/C26H27ClN4O3S/c1-16-22(24(33)34-26(2,3)4)23(17-8-10-18(27)11-9-17)31-20(15-35-25(31)30-16)13-21(32)29-14-19-7-5-6-12-28-19/h5-12,15,23H,13-14H2,1-4H3,(H,29,32)/t23-/m1/s1. The molecular weight excluding hydrogens is 484 g/mol. The van der Waals surface area contributed by atoms with Crippen molar-refractivity contribution in [1.82, 2.24) is 15.2 Å². The van der Waals surface area contributed by atoms with Crippen LogP contribution in [0.2, 0.25) is 5.02 Å². The number of nitrogens with one attached hydrogen (secondary N) is 1. The second-order valence-electron chi connectivity index (χ2n) is 9.22. The van der Waals surface area contributed by atoms with E-state index in [-0.39, 0.29) is 12.3 Å². The number of carbonyl (C=O) groups excluding carboxylic acids is 2. The molecule has 2 aliphatic rings. The summed E-state index contributed by atoms with van der Waals surface area (Å²) in [4.78, 5) is 37.0. The smallest absolute Gasteiger partial charge is 0.338 e. The molecule has 182 valence electrons. The number of ether oxygens (including phenoxy) is 1. The van der Waals surface area contributed by atoms with Crippen LogP contribution in [0.15, 0.2) is 76.0 Å². The molecule has 0 radical (unpaired) electrons. The van der Waals surface area contributed by atoms with Gasteiger partial charge in [-0.05, 0) is 62.9 Å². The first-order valence-corrected chi connectivity index (χ1v) is 12.5. The van der Waals surface area contributed by atoms with Gasteiger partial charge >= 0.3 is 5.97 Å². The summed E-state index contributed by atoms with van der Waals surface area (Å²) in [6.07, 6.45) is 1.82. The molecule has 1 aromatic heterocycles. The molecule has 0 bridgehead atoms. The third-order valence-corrected chi connectivity index (χ3v) is 6.48. The number of amides is 1. The first-order valence-electron chi connectivity index (χ1n) is 11.2. The SMILES string of the molecule is CC1=C(C(=O)OC(C)(C)C)[C@@H](c2ccc(Cl)cc2)N2C(CC(=O)NCc3ccccn3)=CSC2=N1. The van der Waals surface area contributed by atoms with Crippen molar-refractivity contribution in [2.24, 2.45) is 4.99 Å². The first-order chi connectivity index (χ1) is 16.6. The molecule has 0 aliphatic carbocycles. The fourth-order valence-electron chi connectivity index (χ4n) is 3.84. The van der Waals surface area contributed by atoms with Crippen LogP contribution in [0.25, 0.3) is 0 Å². The van der Waals surface area contributed by atoms with Gasteiger partial charge in [0.05, 0.1) is 36.0 Å². The van der Waals surface area contributed by atoms with Crippen molar-refractivity contribution in [3.05, 3.63) is 87.3 Å². The molecule has 0 fully saturated rings. The minimum absolute atomic E-state index is 0.129. The first kappa shape index (κ1) is 25.0. The molecule has 0 saturated heterocycles. The maximum atomic E-state index is 13.3. The van der Waals surface area contributed by atoms with Gasteiger partial charge in [0.1, 0.15) is 5.60 Å². The maximum absolute atomic E-state index is 13.3. The van der Waals surface area contributed by atoms with Gasteiger partial charge < -0.3 is 15.0 Å². The van der Waals surface area contributed by atoms with Crippen LogP contribution in [0.5, 0.6) is 0 Å². The summed E-state index contributed by atoms with van der Waals surface area (Å²) in [5.41, 5.74) is 2.74. The Labute approximate surface area is 214 Å². The topological polar surface area (TPSA) is 83.9 Å². The highest BCUT2D eigenvalue weighted by molar-refractivity contribution is 8.16. The van der Waals surface area contributed by atoms with Crippen molar-refractivity contribution in [2.75, 3.05) is 0 Å². The number of pyridine rings is 1. The van der Waals surface area contributed by atoms with Crippen molar-refractivity contribution < 1.29 is 14.3 Å². The number of thioether (sulfide) groups is 1. The largest absolute Gasteiger partial charge is 0.456 e. The second kappa shape index (κ2) is 10.3. The summed E-state index contributed by atoms with van der Waals surface area (Å²) in [6.45, 7) is 7.64. The lowest BCUT2D eigenvalue weighted by atomic mass is 9.93. The van der Waals surface area contributed by atoms with Crippen molar-refractivity contribution in [1.29, 1.82) is 0 Å². The molecule has 0 spiro atoms. The van der Waals surface area contributed by atoms with E-state index in [0.717, 1.165) is 17.0 Å². The molecule has 1 amide bonds. The Morgan fingerprint density at radius 1 is 1.17 bits per heavy atom. The quantitative estimate of drug-likeness (QED) is 0.527. The van der Waals surface area contributed by atoms with E-state index in [4.69, 9.17) is 16.3 Å². The maximum Gasteiger partial charge on any atom is 0.338 e. The van der Waals surface area contributed by atoms with Crippen LogP contribution in [-0.4, -0.2) is 32.5 Å². The van der Waals surface area contributed by atoms with Crippen molar-refractivity contribution in [3.63, 3.8) is 0 Å². The van der Waals surface area contributed by atoms with Gasteiger partial charge in [0, 0.05) is 16.9 Å². The Morgan fingerprint density at radius 2 is 1.91 bits per heavy atom. The van der Waals surface area contributed by atoms with Gasteiger partial charge in [-0.3, -0.25) is 9.78 Å². The fourth-order valence-corrected chi connectivity index (χ4v) is 4.93. The lowest BCUT2D eigenvalue weighted by Gasteiger charge is -2.37. The summed E-state index contributed by atoms with van der Waals surface area (Å²) in [6, 6.07) is 12.4. The van der Waals surface area contributed by atoms with Gasteiger partial charge in [0.25, 0.3) is 0 Å². The summed E-state index contributed by atoms with van der Waals surface area (Å²) >= 11 is 7.58. The Balaban J connectivity index is 1.62. The Hall–Kier alpha value is -3.10. The zero-order valence-corrected chi connectivity index (χ0v) is 21.6. The zero-order chi connectivity index (χ0) is 25.2. The highest BCUT2D eigenvalue weighted by Gasteiger charge is 2.41. The molecule has 2 aromatic rings. The van der Waals surface area contributed by atoms with E-state index < -0.39 is 17.6 Å². The zero-order valence-electron chi connectivity index (χ0n) is 20.0. The number of halogens is 1. The van der Waals surface area contributed by atoms with Gasteiger partial charge in [-0.15, -0.1) is 0 Å². The van der Waals surface area contributed by atoms with Gasteiger partial charge in [-0.2, -0.15) is 0 Å². The molecule has 35 heavy (non-hydrogen) atoms. The molecule has 1 atom stereocenters. The molecule has 7 nitrogen and oxygen atoms in total. The van der Waals surface area contributed by atoms with Crippen LogP contribution in [0.3, 0.4) is 0 Å². The molecule has 3 heterocycles. The van der Waals surface area contributed by atoms with Gasteiger partial charge in [0.2, 0.25) is 5.91 Å². The number of esters is 1. The summed E-state index contributed by atoms with van der Waals surface area (Å²) in [5, 5.41) is 6.13. The third kappa shape index (κ3) is 5.94. The monoisotopic (exact) mass is 510 g/mol. The van der Waals surface area contributed by atoms with Crippen LogP contribution >= 0.6 is 23.4 Å². The molecule has 1 N–H and O–H groups in total. The number of hydrogen-bond donors (Lipinski definition) is 1. The number of aliphatic imine (C=N–C) groups is 1. The number of fused-ring (bicyclic) bond motifs is 1. The van der Waals surface area contributed by atoms with E-state index >= 15 is 0 Å². The summed E-state index contributed by atoms with van der Waals surface area (Å²) < 4.78 is 5.74. The Morgan fingerprint density at radius 3 is 2.57 bits per heavy atom. The molecule has 4 rings (SSSR count). The van der Waals surface area contributed by atoms with Crippen molar-refractivity contribution >= 4 is 40.4 Å². The molecule has 0 unspecified atom stereocenters. The lowest BCUT2D eigenvalue weighted by molar-refractivity contribution is -0.150. The van der Waals surface area contributed by atoms with Gasteiger partial charge in [0.15, 0.2) is 5.17 Å². The van der Waals surface area contributed by atoms with Crippen molar-refractivity contribution in [3.8, 4) is 0 Å². The van der Waals surface area contributed by atoms with Crippen LogP contribution in [-0.2, 0) is 20.9 Å².